The van der Waals surface area contributed by atoms with E-state index >= 15 is 0 Å². The zero-order valence-corrected chi connectivity index (χ0v) is 10.6. The minimum Gasteiger partial charge on any atom is -0.469 e. The number of hydrogen-bond donors (Lipinski definition) is 0. The van der Waals surface area contributed by atoms with Crippen LogP contribution in [0.1, 0.15) is 12.0 Å². The molecule has 0 saturated heterocycles. The smallest absolute Gasteiger partial charge is 0.309 e. The average Bonchev–Trinajstić information content (AvgIpc) is 2.38. The molecule has 2 rings (SSSR count). The van der Waals surface area contributed by atoms with Gasteiger partial charge in [0.05, 0.1) is 19.0 Å². The molecule has 4 heteroatoms. The molecule has 0 aliphatic rings. The highest BCUT2D eigenvalue weighted by Gasteiger charge is 2.00. The Labute approximate surface area is 110 Å². The number of benzene rings is 1. The van der Waals surface area contributed by atoms with Gasteiger partial charge >= 0.3 is 5.97 Å². The topological polar surface area (TPSA) is 39.2 Å². The summed E-state index contributed by atoms with van der Waals surface area (Å²) in [6.07, 6.45) is 5.63. The molecule has 0 saturated carbocycles. The average molecular weight is 262 g/mol. The fourth-order valence-corrected chi connectivity index (χ4v) is 1.82. The van der Waals surface area contributed by atoms with Crippen LogP contribution >= 0.6 is 11.6 Å². The van der Waals surface area contributed by atoms with Crippen molar-refractivity contribution in [1.29, 1.82) is 0 Å². The minimum atomic E-state index is -0.257. The van der Waals surface area contributed by atoms with Crippen LogP contribution in [0.5, 0.6) is 0 Å². The second-order valence-electron chi connectivity index (χ2n) is 3.74. The number of fused-ring (bicyclic) bond motifs is 1. The largest absolute Gasteiger partial charge is 0.469 e. The summed E-state index contributed by atoms with van der Waals surface area (Å²) in [5, 5.41) is 1.66. The lowest BCUT2D eigenvalue weighted by atomic mass is 10.1. The number of halogens is 1. The molecule has 92 valence electrons. The molecule has 0 aliphatic heterocycles. The first kappa shape index (κ1) is 12.6. The summed E-state index contributed by atoms with van der Waals surface area (Å²) >= 11 is 5.92. The lowest BCUT2D eigenvalue weighted by molar-refractivity contribution is -0.139. The predicted molar refractivity (Wildman–Crippen MR) is 72.4 cm³/mol. The Kier molecular flexibility index (Phi) is 3.95. The molecule has 0 unspecified atom stereocenters. The van der Waals surface area contributed by atoms with Gasteiger partial charge in [0.25, 0.3) is 0 Å². The Morgan fingerprint density at radius 1 is 1.44 bits per heavy atom. The van der Waals surface area contributed by atoms with Crippen molar-refractivity contribution in [2.45, 2.75) is 6.42 Å². The Bertz CT molecular complexity index is 608. The maximum Gasteiger partial charge on any atom is 0.309 e. The van der Waals surface area contributed by atoms with Crippen molar-refractivity contribution in [2.24, 2.45) is 0 Å². The van der Waals surface area contributed by atoms with E-state index in [2.05, 4.69) is 9.72 Å². The van der Waals surface area contributed by atoms with Crippen LogP contribution in [0.4, 0.5) is 0 Å². The molecule has 0 amide bonds. The number of hydrogen-bond acceptors (Lipinski definition) is 3. The molecule has 3 nitrogen and oxygen atoms in total. The van der Waals surface area contributed by atoms with E-state index in [4.69, 9.17) is 11.6 Å². The monoisotopic (exact) mass is 261 g/mol. The van der Waals surface area contributed by atoms with E-state index in [0.717, 1.165) is 16.5 Å². The van der Waals surface area contributed by atoms with E-state index in [1.54, 1.807) is 12.3 Å². The zero-order chi connectivity index (χ0) is 13.0. The van der Waals surface area contributed by atoms with Crippen molar-refractivity contribution < 1.29 is 9.53 Å². The summed E-state index contributed by atoms with van der Waals surface area (Å²) in [7, 11) is 1.38. The van der Waals surface area contributed by atoms with E-state index in [-0.39, 0.29) is 12.4 Å². The highest BCUT2D eigenvalue weighted by atomic mass is 35.5. The van der Waals surface area contributed by atoms with Crippen molar-refractivity contribution in [3.63, 3.8) is 0 Å². The van der Waals surface area contributed by atoms with Gasteiger partial charge in [0.2, 0.25) is 0 Å². The van der Waals surface area contributed by atoms with Crippen LogP contribution in [0.15, 0.2) is 36.5 Å². The molecule has 0 atom stereocenters. The van der Waals surface area contributed by atoms with Crippen molar-refractivity contribution in [3.8, 4) is 0 Å². The van der Waals surface area contributed by atoms with Crippen LogP contribution < -0.4 is 0 Å². The second-order valence-corrected chi connectivity index (χ2v) is 4.18. The van der Waals surface area contributed by atoms with Crippen LogP contribution in [0.2, 0.25) is 5.02 Å². The molecule has 0 fully saturated rings. The second kappa shape index (κ2) is 5.65. The zero-order valence-electron chi connectivity index (χ0n) is 9.89. The van der Waals surface area contributed by atoms with E-state index in [1.807, 2.05) is 30.3 Å². The quantitative estimate of drug-likeness (QED) is 0.794. The van der Waals surface area contributed by atoms with Crippen LogP contribution in [-0.4, -0.2) is 18.1 Å². The number of pyridine rings is 1. The normalized spacial score (nSPS) is 11.0. The van der Waals surface area contributed by atoms with Gasteiger partial charge < -0.3 is 4.74 Å². The minimum absolute atomic E-state index is 0.257. The Hall–Kier alpha value is -1.87. The van der Waals surface area contributed by atoms with Gasteiger partial charge in [0.15, 0.2) is 0 Å². The molecular formula is C14H12ClNO2. The summed E-state index contributed by atoms with van der Waals surface area (Å²) in [5.74, 6) is -0.257. The number of ether oxygens (including phenoxy) is 1. The van der Waals surface area contributed by atoms with Gasteiger partial charge in [-0.3, -0.25) is 9.78 Å². The summed E-state index contributed by atoms with van der Waals surface area (Å²) < 4.78 is 4.57. The number of nitrogens with zero attached hydrogens (tertiary/aromatic N) is 1. The van der Waals surface area contributed by atoms with E-state index < -0.39 is 0 Å². The molecular weight excluding hydrogens is 250 g/mol. The lowest BCUT2D eigenvalue weighted by Crippen LogP contribution is -1.96. The van der Waals surface area contributed by atoms with Gasteiger partial charge in [0.1, 0.15) is 0 Å². The van der Waals surface area contributed by atoms with Crippen molar-refractivity contribution >= 4 is 34.5 Å². The first-order valence-corrected chi connectivity index (χ1v) is 5.86. The third kappa shape index (κ3) is 2.87. The number of carbonyl (C=O) groups excluding carboxylic acids is 1. The van der Waals surface area contributed by atoms with Gasteiger partial charge in [-0.25, -0.2) is 0 Å². The molecule has 0 N–H and O–H groups in total. The summed E-state index contributed by atoms with van der Waals surface area (Å²) in [4.78, 5) is 15.3. The van der Waals surface area contributed by atoms with Crippen molar-refractivity contribution in [2.75, 3.05) is 7.11 Å². The Balaban J connectivity index is 2.31. The van der Waals surface area contributed by atoms with Crippen LogP contribution in [0.25, 0.3) is 17.0 Å². The van der Waals surface area contributed by atoms with Gasteiger partial charge in [-0.05, 0) is 23.8 Å². The molecule has 1 heterocycles. The third-order valence-corrected chi connectivity index (χ3v) is 2.78. The first-order valence-electron chi connectivity index (χ1n) is 5.48. The molecule has 2 aromatic rings. The standard InChI is InChI=1S/C14H12ClNO2/c1-18-14(17)4-2-3-10-7-8-16-13-9-11(15)5-6-12(10)13/h2-3,5-9H,4H2,1H3. The highest BCUT2D eigenvalue weighted by Crippen LogP contribution is 2.21. The van der Waals surface area contributed by atoms with Gasteiger partial charge in [0, 0.05) is 16.6 Å². The van der Waals surface area contributed by atoms with E-state index in [9.17, 15) is 4.79 Å². The van der Waals surface area contributed by atoms with Gasteiger partial charge in [-0.1, -0.05) is 29.8 Å². The number of carbonyl (C=O) groups is 1. The highest BCUT2D eigenvalue weighted by molar-refractivity contribution is 6.31. The summed E-state index contributed by atoms with van der Waals surface area (Å²) in [6, 6.07) is 7.45. The lowest BCUT2D eigenvalue weighted by Gasteiger charge is -2.01. The first-order chi connectivity index (χ1) is 8.70. The van der Waals surface area contributed by atoms with Crippen molar-refractivity contribution in [1.82, 2.24) is 4.98 Å². The molecule has 0 spiro atoms. The van der Waals surface area contributed by atoms with Crippen LogP contribution in [-0.2, 0) is 9.53 Å². The molecule has 18 heavy (non-hydrogen) atoms. The Morgan fingerprint density at radius 2 is 2.28 bits per heavy atom. The van der Waals surface area contributed by atoms with Gasteiger partial charge in [-0.15, -0.1) is 0 Å². The predicted octanol–water partition coefficient (Wildman–Crippen LogP) is 3.46. The molecule has 0 aliphatic carbocycles. The molecule has 1 aromatic carbocycles. The van der Waals surface area contributed by atoms with Crippen LogP contribution in [0.3, 0.4) is 0 Å². The fraction of sp³-hybridized carbons (Fsp3) is 0.143. The SMILES string of the molecule is COC(=O)CC=Cc1ccnc2cc(Cl)ccc12. The molecule has 1 aromatic heterocycles. The summed E-state index contributed by atoms with van der Waals surface area (Å²) in [5.41, 5.74) is 1.84. The Morgan fingerprint density at radius 3 is 3.06 bits per heavy atom. The number of esters is 1. The summed E-state index contributed by atoms with van der Waals surface area (Å²) in [6.45, 7) is 0. The molecule has 0 radical (unpaired) electrons. The van der Waals surface area contributed by atoms with Crippen molar-refractivity contribution in [3.05, 3.63) is 47.1 Å². The number of methoxy groups -OCH3 is 1. The fourth-order valence-electron chi connectivity index (χ4n) is 1.65. The van der Waals surface area contributed by atoms with E-state index in [1.165, 1.54) is 7.11 Å². The van der Waals surface area contributed by atoms with E-state index in [0.29, 0.717) is 5.02 Å². The maximum absolute atomic E-state index is 11.0. The number of rotatable bonds is 3. The maximum atomic E-state index is 11.0. The van der Waals surface area contributed by atoms with Crippen LogP contribution in [0, 0.1) is 0 Å². The van der Waals surface area contributed by atoms with Gasteiger partial charge in [-0.2, -0.15) is 0 Å². The third-order valence-electron chi connectivity index (χ3n) is 2.55. The molecule has 0 bridgehead atoms. The number of aromatic nitrogens is 1.